The van der Waals surface area contributed by atoms with Crippen LogP contribution in [0.4, 0.5) is 0 Å². The number of nitrogens with zero attached hydrogens (tertiary/aromatic N) is 1. The number of guanidine groups is 1. The lowest BCUT2D eigenvalue weighted by molar-refractivity contribution is 0.243. The van der Waals surface area contributed by atoms with E-state index in [-0.39, 0.29) is 36.6 Å². The summed E-state index contributed by atoms with van der Waals surface area (Å²) in [5.41, 5.74) is 0.946. The Morgan fingerprint density at radius 3 is 2.40 bits per heavy atom. The zero-order valence-corrected chi connectivity index (χ0v) is 21.4. The molecule has 0 heterocycles. The summed E-state index contributed by atoms with van der Waals surface area (Å²) in [5.74, 6) is 1.70. The van der Waals surface area contributed by atoms with Gasteiger partial charge in [-0.25, -0.2) is 18.1 Å². The molecule has 0 aliphatic heterocycles. The number of sulfonamides is 1. The summed E-state index contributed by atoms with van der Waals surface area (Å²) >= 11 is 0. The number of halogens is 1. The highest BCUT2D eigenvalue weighted by Gasteiger charge is 2.27. The van der Waals surface area contributed by atoms with Crippen molar-refractivity contribution in [2.24, 2.45) is 16.8 Å². The molecule has 1 unspecified atom stereocenters. The summed E-state index contributed by atoms with van der Waals surface area (Å²) in [7, 11) is -3.42. The Balaban J connectivity index is 0.00000450. The second kappa shape index (κ2) is 13.5. The van der Waals surface area contributed by atoms with Crippen molar-refractivity contribution in [1.82, 2.24) is 15.4 Å². The van der Waals surface area contributed by atoms with E-state index in [1.54, 1.807) is 12.1 Å². The Hall–Kier alpha value is -0.910. The molecular formula is C21H37IN4O3S. The molecule has 2 rings (SSSR count). The fourth-order valence-corrected chi connectivity index (χ4v) is 4.47. The number of hydrogen-bond donors (Lipinski definition) is 4. The monoisotopic (exact) mass is 552 g/mol. The van der Waals surface area contributed by atoms with Gasteiger partial charge in [-0.05, 0) is 62.1 Å². The van der Waals surface area contributed by atoms with E-state index in [0.717, 1.165) is 50.3 Å². The van der Waals surface area contributed by atoms with Gasteiger partial charge >= 0.3 is 0 Å². The first kappa shape index (κ1) is 27.1. The molecule has 7 nitrogen and oxygen atoms in total. The molecule has 1 aliphatic carbocycles. The number of hydrogen-bond acceptors (Lipinski definition) is 4. The number of aliphatic hydroxyl groups is 1. The van der Waals surface area contributed by atoms with Crippen LogP contribution in [-0.2, 0) is 16.6 Å². The van der Waals surface area contributed by atoms with Crippen molar-refractivity contribution < 1.29 is 13.5 Å². The Bertz CT molecular complexity index is 750. The SMILES string of the molecule is CCNC(=NCc1ccc(S(=O)(=O)NC2CC2)cc1)NCC(CCO)CC(C)C.I. The van der Waals surface area contributed by atoms with Crippen LogP contribution in [0.5, 0.6) is 0 Å². The normalized spacial score (nSPS) is 15.6. The lowest BCUT2D eigenvalue weighted by Gasteiger charge is -2.20. The van der Waals surface area contributed by atoms with Gasteiger partial charge < -0.3 is 15.7 Å². The molecule has 0 amide bonds. The van der Waals surface area contributed by atoms with Crippen LogP contribution in [0.15, 0.2) is 34.2 Å². The van der Waals surface area contributed by atoms with Crippen LogP contribution in [0.2, 0.25) is 0 Å². The number of aliphatic hydroxyl groups excluding tert-OH is 1. The second-order valence-electron chi connectivity index (χ2n) is 8.12. The summed E-state index contributed by atoms with van der Waals surface area (Å²) in [6.07, 6.45) is 3.67. The van der Waals surface area contributed by atoms with Gasteiger partial charge in [-0.2, -0.15) is 0 Å². The smallest absolute Gasteiger partial charge is 0.240 e. The highest BCUT2D eigenvalue weighted by Crippen LogP contribution is 2.22. The van der Waals surface area contributed by atoms with E-state index in [1.165, 1.54) is 0 Å². The zero-order chi connectivity index (χ0) is 21.3. The molecule has 1 aromatic carbocycles. The topological polar surface area (TPSA) is 103 Å². The molecule has 30 heavy (non-hydrogen) atoms. The summed E-state index contributed by atoms with van der Waals surface area (Å²) in [5, 5.41) is 15.9. The Labute approximate surface area is 198 Å². The molecule has 0 saturated heterocycles. The first-order chi connectivity index (χ1) is 13.8. The largest absolute Gasteiger partial charge is 0.396 e. The van der Waals surface area contributed by atoms with Gasteiger partial charge in [0, 0.05) is 25.7 Å². The van der Waals surface area contributed by atoms with Gasteiger partial charge in [-0.3, -0.25) is 0 Å². The molecule has 1 fully saturated rings. The van der Waals surface area contributed by atoms with E-state index in [1.807, 2.05) is 19.1 Å². The van der Waals surface area contributed by atoms with Crippen molar-refractivity contribution in [2.75, 3.05) is 19.7 Å². The molecule has 1 aliphatic rings. The van der Waals surface area contributed by atoms with E-state index in [4.69, 9.17) is 0 Å². The summed E-state index contributed by atoms with van der Waals surface area (Å²) in [6, 6.07) is 6.98. The Morgan fingerprint density at radius 1 is 1.20 bits per heavy atom. The van der Waals surface area contributed by atoms with Gasteiger partial charge in [-0.1, -0.05) is 26.0 Å². The Kier molecular flexibility index (Phi) is 12.2. The standard InChI is InChI=1S/C21H36N4O3S.HI/c1-4-22-21(24-15-18(11-12-26)13-16(2)3)23-14-17-5-9-20(10-6-17)29(27,28)25-19-7-8-19;/h5-6,9-10,16,18-19,25-26H,4,7-8,11-15H2,1-3H3,(H2,22,23,24);1H. The predicted molar refractivity (Wildman–Crippen MR) is 133 cm³/mol. The maximum Gasteiger partial charge on any atom is 0.240 e. The lowest BCUT2D eigenvalue weighted by Crippen LogP contribution is -2.40. The molecule has 1 atom stereocenters. The van der Waals surface area contributed by atoms with Crippen molar-refractivity contribution in [3.63, 3.8) is 0 Å². The average Bonchev–Trinajstić information content (AvgIpc) is 3.47. The molecule has 1 aromatic rings. The molecule has 0 spiro atoms. The van der Waals surface area contributed by atoms with Gasteiger partial charge in [0.1, 0.15) is 0 Å². The van der Waals surface area contributed by atoms with E-state index in [2.05, 4.69) is 34.2 Å². The average molecular weight is 553 g/mol. The van der Waals surface area contributed by atoms with Gasteiger partial charge in [0.05, 0.1) is 11.4 Å². The summed E-state index contributed by atoms with van der Waals surface area (Å²) < 4.78 is 27.2. The fourth-order valence-electron chi connectivity index (χ4n) is 3.17. The second-order valence-corrected chi connectivity index (χ2v) is 9.84. The van der Waals surface area contributed by atoms with Crippen molar-refractivity contribution in [3.05, 3.63) is 29.8 Å². The number of rotatable bonds is 12. The minimum Gasteiger partial charge on any atom is -0.396 e. The lowest BCUT2D eigenvalue weighted by atomic mass is 9.94. The molecular weight excluding hydrogens is 515 g/mol. The maximum atomic E-state index is 12.2. The van der Waals surface area contributed by atoms with E-state index in [9.17, 15) is 13.5 Å². The third kappa shape index (κ3) is 9.93. The van der Waals surface area contributed by atoms with E-state index < -0.39 is 10.0 Å². The van der Waals surface area contributed by atoms with Crippen LogP contribution < -0.4 is 15.4 Å². The number of aliphatic imine (C=N–C) groups is 1. The summed E-state index contributed by atoms with van der Waals surface area (Å²) in [6.45, 7) is 8.56. The molecule has 1 saturated carbocycles. The molecule has 172 valence electrons. The highest BCUT2D eigenvalue weighted by molar-refractivity contribution is 14.0. The molecule has 4 N–H and O–H groups in total. The first-order valence-electron chi connectivity index (χ1n) is 10.6. The van der Waals surface area contributed by atoms with Gasteiger partial charge in [0.15, 0.2) is 5.96 Å². The number of nitrogens with one attached hydrogen (secondary N) is 3. The maximum absolute atomic E-state index is 12.2. The van der Waals surface area contributed by atoms with Crippen molar-refractivity contribution >= 4 is 40.0 Å². The number of benzene rings is 1. The zero-order valence-electron chi connectivity index (χ0n) is 18.2. The van der Waals surface area contributed by atoms with E-state index in [0.29, 0.717) is 23.3 Å². The quantitative estimate of drug-likeness (QED) is 0.182. The molecule has 0 aromatic heterocycles. The predicted octanol–water partition coefficient (Wildman–Crippen LogP) is 2.85. The fraction of sp³-hybridized carbons (Fsp3) is 0.667. The third-order valence-corrected chi connectivity index (χ3v) is 6.33. The molecule has 9 heteroatoms. The van der Waals surface area contributed by atoms with Crippen LogP contribution in [0.3, 0.4) is 0 Å². The first-order valence-corrected chi connectivity index (χ1v) is 12.1. The van der Waals surface area contributed by atoms with Crippen LogP contribution in [-0.4, -0.2) is 45.2 Å². The van der Waals surface area contributed by atoms with Gasteiger partial charge in [-0.15, -0.1) is 24.0 Å². The van der Waals surface area contributed by atoms with Crippen molar-refractivity contribution in [2.45, 2.75) is 63.9 Å². The van der Waals surface area contributed by atoms with E-state index >= 15 is 0 Å². The van der Waals surface area contributed by atoms with Crippen molar-refractivity contribution in [1.29, 1.82) is 0 Å². The van der Waals surface area contributed by atoms with Gasteiger partial charge in [0.2, 0.25) is 10.0 Å². The summed E-state index contributed by atoms with van der Waals surface area (Å²) in [4.78, 5) is 4.91. The minimum absolute atomic E-state index is 0. The van der Waals surface area contributed by atoms with Crippen molar-refractivity contribution in [3.8, 4) is 0 Å². The minimum atomic E-state index is -3.42. The Morgan fingerprint density at radius 2 is 1.87 bits per heavy atom. The molecule has 0 radical (unpaired) electrons. The third-order valence-electron chi connectivity index (χ3n) is 4.80. The highest BCUT2D eigenvalue weighted by atomic mass is 127. The van der Waals surface area contributed by atoms with Crippen LogP contribution in [0, 0.1) is 11.8 Å². The van der Waals surface area contributed by atoms with Crippen LogP contribution in [0.1, 0.15) is 52.0 Å². The molecule has 0 bridgehead atoms. The van der Waals surface area contributed by atoms with Gasteiger partial charge in [0.25, 0.3) is 0 Å². The van der Waals surface area contributed by atoms with Crippen LogP contribution in [0.25, 0.3) is 0 Å². The van der Waals surface area contributed by atoms with Crippen LogP contribution >= 0.6 is 24.0 Å².